The number of nitrogens with one attached hydrogen (secondary N) is 1. The average Bonchev–Trinajstić information content (AvgIpc) is 2.93. The van der Waals surface area contributed by atoms with Gasteiger partial charge in [-0.1, -0.05) is 0 Å². The van der Waals surface area contributed by atoms with E-state index in [1.165, 1.54) is 0 Å². The first-order valence-corrected chi connectivity index (χ1v) is 8.42. The molecule has 0 spiro atoms. The van der Waals surface area contributed by atoms with Gasteiger partial charge in [-0.15, -0.1) is 11.3 Å². The van der Waals surface area contributed by atoms with Crippen LogP contribution in [0.3, 0.4) is 0 Å². The van der Waals surface area contributed by atoms with Crippen LogP contribution in [0.25, 0.3) is 10.2 Å². The molecule has 1 atom stereocenters. The van der Waals surface area contributed by atoms with E-state index in [-0.39, 0.29) is 17.4 Å². The van der Waals surface area contributed by atoms with Crippen molar-refractivity contribution >= 4 is 37.2 Å². The van der Waals surface area contributed by atoms with E-state index >= 15 is 0 Å². The number of aromatic nitrogens is 2. The van der Waals surface area contributed by atoms with E-state index in [2.05, 4.69) is 15.3 Å². The van der Waals surface area contributed by atoms with Crippen LogP contribution in [0.2, 0.25) is 0 Å². The number of sulfone groups is 1. The van der Waals surface area contributed by atoms with E-state index in [9.17, 15) is 8.42 Å². The van der Waals surface area contributed by atoms with Gasteiger partial charge in [-0.25, -0.2) is 18.4 Å². The largest absolute Gasteiger partial charge is 0.372 e. The third-order valence-electron chi connectivity index (χ3n) is 3.18. The van der Waals surface area contributed by atoms with Crippen molar-refractivity contribution in [2.75, 3.05) is 23.9 Å². The van der Waals surface area contributed by atoms with Crippen molar-refractivity contribution in [3.8, 4) is 0 Å². The second kappa shape index (κ2) is 4.17. The molecule has 1 fully saturated rings. The topological polar surface area (TPSA) is 72.0 Å². The molecule has 1 aliphatic heterocycles. The monoisotopic (exact) mass is 283 g/mol. The van der Waals surface area contributed by atoms with Gasteiger partial charge in [0.2, 0.25) is 0 Å². The molecule has 1 saturated heterocycles. The lowest BCUT2D eigenvalue weighted by Gasteiger charge is -2.09. The lowest BCUT2D eigenvalue weighted by atomic mass is 10.1. The molecule has 2 aromatic heterocycles. The minimum atomic E-state index is -2.90. The second-order valence-corrected chi connectivity index (χ2v) is 7.54. The van der Waals surface area contributed by atoms with Crippen molar-refractivity contribution in [2.45, 2.75) is 12.3 Å². The van der Waals surface area contributed by atoms with Crippen LogP contribution in [0.15, 0.2) is 11.4 Å². The Balaban J connectivity index is 2.07. The quantitative estimate of drug-likeness (QED) is 0.907. The SMILES string of the molecule is CNc1nc(C2CCS(=O)(=O)C2)nc2sccc12. The Morgan fingerprint density at radius 3 is 2.94 bits per heavy atom. The zero-order valence-corrected chi connectivity index (χ0v) is 11.5. The molecule has 2 aromatic rings. The van der Waals surface area contributed by atoms with Crippen LogP contribution >= 0.6 is 11.3 Å². The maximum atomic E-state index is 11.5. The molecule has 7 heteroatoms. The zero-order chi connectivity index (χ0) is 12.8. The molecular formula is C11H13N3O2S2. The Bertz CT molecular complexity index is 693. The van der Waals surface area contributed by atoms with Gasteiger partial charge in [0.25, 0.3) is 0 Å². The number of anilines is 1. The summed E-state index contributed by atoms with van der Waals surface area (Å²) < 4.78 is 23.0. The molecule has 0 aliphatic carbocycles. The van der Waals surface area contributed by atoms with E-state index in [1.54, 1.807) is 11.3 Å². The highest BCUT2D eigenvalue weighted by Crippen LogP contribution is 2.31. The van der Waals surface area contributed by atoms with Crippen LogP contribution in [0.1, 0.15) is 18.2 Å². The molecule has 3 rings (SSSR count). The van der Waals surface area contributed by atoms with Gasteiger partial charge in [-0.05, 0) is 17.9 Å². The molecule has 1 N–H and O–H groups in total. The highest BCUT2D eigenvalue weighted by Gasteiger charge is 2.31. The molecule has 18 heavy (non-hydrogen) atoms. The number of hydrogen-bond acceptors (Lipinski definition) is 6. The van der Waals surface area contributed by atoms with Crippen LogP contribution < -0.4 is 5.32 Å². The van der Waals surface area contributed by atoms with Crippen LogP contribution in [0.4, 0.5) is 5.82 Å². The standard InChI is InChI=1S/C11H13N3O2S2/c1-12-10-8-2-4-17-11(8)14-9(13-10)7-3-5-18(15,16)6-7/h2,4,7H,3,5-6H2,1H3,(H,12,13,14). The minimum absolute atomic E-state index is 0.0615. The third kappa shape index (κ3) is 1.97. The summed E-state index contributed by atoms with van der Waals surface area (Å²) in [5.74, 6) is 1.79. The summed E-state index contributed by atoms with van der Waals surface area (Å²) in [6.07, 6.45) is 0.627. The van der Waals surface area contributed by atoms with Gasteiger partial charge in [-0.3, -0.25) is 0 Å². The fourth-order valence-corrected chi connectivity index (χ4v) is 4.75. The maximum Gasteiger partial charge on any atom is 0.151 e. The number of nitrogens with zero attached hydrogens (tertiary/aromatic N) is 2. The fourth-order valence-electron chi connectivity index (χ4n) is 2.24. The number of fused-ring (bicyclic) bond motifs is 1. The van der Waals surface area contributed by atoms with Crippen molar-refractivity contribution in [3.63, 3.8) is 0 Å². The third-order valence-corrected chi connectivity index (χ3v) is 5.75. The smallest absolute Gasteiger partial charge is 0.151 e. The van der Waals surface area contributed by atoms with E-state index in [0.29, 0.717) is 12.2 Å². The van der Waals surface area contributed by atoms with Crippen LogP contribution in [-0.2, 0) is 9.84 Å². The van der Waals surface area contributed by atoms with E-state index in [4.69, 9.17) is 0 Å². The molecule has 1 unspecified atom stereocenters. The van der Waals surface area contributed by atoms with E-state index < -0.39 is 9.84 Å². The first-order valence-electron chi connectivity index (χ1n) is 5.72. The molecule has 0 saturated carbocycles. The Labute approximate surface area is 109 Å². The van der Waals surface area contributed by atoms with Gasteiger partial charge in [0.05, 0.1) is 16.9 Å². The minimum Gasteiger partial charge on any atom is -0.372 e. The molecule has 96 valence electrons. The van der Waals surface area contributed by atoms with Crippen LogP contribution in [0.5, 0.6) is 0 Å². The van der Waals surface area contributed by atoms with Gasteiger partial charge >= 0.3 is 0 Å². The second-order valence-electron chi connectivity index (χ2n) is 4.42. The van der Waals surface area contributed by atoms with Crippen LogP contribution in [0, 0.1) is 0 Å². The molecule has 1 aliphatic rings. The molecule has 0 aromatic carbocycles. The van der Waals surface area contributed by atoms with E-state index in [1.807, 2.05) is 18.5 Å². The lowest BCUT2D eigenvalue weighted by molar-refractivity contribution is 0.601. The van der Waals surface area contributed by atoms with E-state index in [0.717, 1.165) is 16.0 Å². The molecule has 0 bridgehead atoms. The zero-order valence-electron chi connectivity index (χ0n) is 9.88. The molecule has 0 amide bonds. The molecule has 3 heterocycles. The summed E-state index contributed by atoms with van der Waals surface area (Å²) in [5.41, 5.74) is 0. The summed E-state index contributed by atoms with van der Waals surface area (Å²) in [6.45, 7) is 0. The molecular weight excluding hydrogens is 270 g/mol. The van der Waals surface area contributed by atoms with Crippen molar-refractivity contribution in [3.05, 3.63) is 17.3 Å². The van der Waals surface area contributed by atoms with Crippen molar-refractivity contribution in [1.82, 2.24) is 9.97 Å². The van der Waals surface area contributed by atoms with Gasteiger partial charge in [0.1, 0.15) is 16.5 Å². The number of hydrogen-bond donors (Lipinski definition) is 1. The van der Waals surface area contributed by atoms with Crippen molar-refractivity contribution in [1.29, 1.82) is 0 Å². The Hall–Kier alpha value is -1.21. The summed E-state index contributed by atoms with van der Waals surface area (Å²) >= 11 is 1.55. The van der Waals surface area contributed by atoms with Crippen molar-refractivity contribution in [2.24, 2.45) is 0 Å². The van der Waals surface area contributed by atoms with Gasteiger partial charge in [0, 0.05) is 13.0 Å². The van der Waals surface area contributed by atoms with Gasteiger partial charge in [0.15, 0.2) is 9.84 Å². The molecule has 5 nitrogen and oxygen atoms in total. The van der Waals surface area contributed by atoms with Gasteiger partial charge in [-0.2, -0.15) is 0 Å². The van der Waals surface area contributed by atoms with Crippen LogP contribution in [-0.4, -0.2) is 36.9 Å². The maximum absolute atomic E-state index is 11.5. The Morgan fingerprint density at radius 2 is 2.28 bits per heavy atom. The van der Waals surface area contributed by atoms with Gasteiger partial charge < -0.3 is 5.32 Å². The Morgan fingerprint density at radius 1 is 1.44 bits per heavy atom. The van der Waals surface area contributed by atoms with Crippen molar-refractivity contribution < 1.29 is 8.42 Å². The number of rotatable bonds is 2. The summed E-state index contributed by atoms with van der Waals surface area (Å²) in [7, 11) is -1.09. The highest BCUT2D eigenvalue weighted by atomic mass is 32.2. The summed E-state index contributed by atoms with van der Waals surface area (Å²) in [4.78, 5) is 9.86. The predicted molar refractivity (Wildman–Crippen MR) is 73.0 cm³/mol. The number of thiophene rings is 1. The first-order chi connectivity index (χ1) is 8.59. The highest BCUT2D eigenvalue weighted by molar-refractivity contribution is 7.91. The Kier molecular flexibility index (Phi) is 2.74. The lowest BCUT2D eigenvalue weighted by Crippen LogP contribution is -2.08. The summed E-state index contributed by atoms with van der Waals surface area (Å²) in [6, 6.07) is 1.97. The molecule has 0 radical (unpaired) electrons. The predicted octanol–water partition coefficient (Wildman–Crippen LogP) is 1.64. The fraction of sp³-hybridized carbons (Fsp3) is 0.455. The normalized spacial score (nSPS) is 22.4. The average molecular weight is 283 g/mol. The summed E-state index contributed by atoms with van der Waals surface area (Å²) in [5, 5.41) is 6.01. The first kappa shape index (κ1) is 11.9.